The van der Waals surface area contributed by atoms with Crippen LogP contribution in [0.2, 0.25) is 0 Å². The molecule has 1 fully saturated rings. The molecule has 1 aromatic heterocycles. The summed E-state index contributed by atoms with van der Waals surface area (Å²) >= 11 is 1.75. The van der Waals surface area contributed by atoms with Gasteiger partial charge in [-0.05, 0) is 55.5 Å². The molecule has 104 valence electrons. The van der Waals surface area contributed by atoms with Crippen LogP contribution in [0.4, 0.5) is 5.69 Å². The second-order valence-electron chi connectivity index (χ2n) is 5.21. The van der Waals surface area contributed by atoms with E-state index in [9.17, 15) is 4.79 Å². The van der Waals surface area contributed by atoms with Crippen molar-refractivity contribution in [1.82, 2.24) is 5.32 Å². The number of nitrogens with one attached hydrogen (secondary N) is 2. The van der Waals surface area contributed by atoms with Crippen molar-refractivity contribution in [1.29, 1.82) is 0 Å². The van der Waals surface area contributed by atoms with Gasteiger partial charge in [-0.3, -0.25) is 4.79 Å². The number of carbonyl (C=O) groups excluding carboxylic acids is 1. The minimum Gasteiger partial charge on any atom is -0.378 e. The molecule has 1 amide bonds. The van der Waals surface area contributed by atoms with E-state index in [0.717, 1.165) is 24.1 Å². The summed E-state index contributed by atoms with van der Waals surface area (Å²) in [7, 11) is 0. The topological polar surface area (TPSA) is 41.1 Å². The molecular formula is C16H18N2OS. The first kappa shape index (κ1) is 13.2. The van der Waals surface area contributed by atoms with E-state index in [1.807, 2.05) is 24.3 Å². The highest BCUT2D eigenvalue weighted by molar-refractivity contribution is 7.10. The van der Waals surface area contributed by atoms with Gasteiger partial charge in [-0.25, -0.2) is 0 Å². The Morgan fingerprint density at radius 2 is 2.00 bits per heavy atom. The molecule has 4 heteroatoms. The van der Waals surface area contributed by atoms with E-state index in [1.54, 1.807) is 11.3 Å². The Hall–Kier alpha value is -1.81. The minimum atomic E-state index is 0.0327. The summed E-state index contributed by atoms with van der Waals surface area (Å²) in [4.78, 5) is 13.2. The molecule has 2 N–H and O–H groups in total. The van der Waals surface area contributed by atoms with E-state index >= 15 is 0 Å². The van der Waals surface area contributed by atoms with Crippen LogP contribution in [0.5, 0.6) is 0 Å². The van der Waals surface area contributed by atoms with E-state index < -0.39 is 0 Å². The molecule has 0 spiro atoms. The fraction of sp³-hybridized carbons (Fsp3) is 0.312. The standard InChI is InChI=1S/C16H18N2OS/c1-11(15-3-2-10-20-15)17-13-6-4-12(5-7-13)16(19)18-14-8-9-14/h2-7,10-11,14,17H,8-9H2,1H3,(H,18,19). The number of hydrogen-bond acceptors (Lipinski definition) is 3. The van der Waals surface area contributed by atoms with E-state index in [1.165, 1.54) is 4.88 Å². The maximum atomic E-state index is 11.9. The lowest BCUT2D eigenvalue weighted by Crippen LogP contribution is -2.25. The Labute approximate surface area is 123 Å². The van der Waals surface area contributed by atoms with Gasteiger partial charge in [0.2, 0.25) is 0 Å². The first-order chi connectivity index (χ1) is 9.72. The number of thiophene rings is 1. The second-order valence-corrected chi connectivity index (χ2v) is 6.19. The Balaban J connectivity index is 1.62. The molecule has 20 heavy (non-hydrogen) atoms. The number of anilines is 1. The molecule has 1 aliphatic rings. The molecule has 1 aliphatic carbocycles. The van der Waals surface area contributed by atoms with Crippen LogP contribution < -0.4 is 10.6 Å². The van der Waals surface area contributed by atoms with Crippen molar-refractivity contribution in [3.63, 3.8) is 0 Å². The minimum absolute atomic E-state index is 0.0327. The molecule has 1 saturated carbocycles. The molecule has 0 radical (unpaired) electrons. The Morgan fingerprint density at radius 3 is 2.60 bits per heavy atom. The number of benzene rings is 1. The van der Waals surface area contributed by atoms with Gasteiger partial charge in [0.05, 0.1) is 6.04 Å². The fourth-order valence-corrected chi connectivity index (χ4v) is 2.81. The average Bonchev–Trinajstić information content (AvgIpc) is 3.08. The van der Waals surface area contributed by atoms with E-state index in [2.05, 4.69) is 35.1 Å². The van der Waals surface area contributed by atoms with Crippen LogP contribution in [0.3, 0.4) is 0 Å². The van der Waals surface area contributed by atoms with Crippen LogP contribution in [0.15, 0.2) is 41.8 Å². The summed E-state index contributed by atoms with van der Waals surface area (Å²) in [6.45, 7) is 2.14. The Bertz CT molecular complexity index is 573. The van der Waals surface area contributed by atoms with E-state index in [4.69, 9.17) is 0 Å². The molecule has 1 unspecified atom stereocenters. The number of amides is 1. The van der Waals surface area contributed by atoms with Crippen LogP contribution in [0.1, 0.15) is 41.0 Å². The van der Waals surface area contributed by atoms with Crippen LogP contribution in [0, 0.1) is 0 Å². The molecule has 3 rings (SSSR count). The molecule has 0 bridgehead atoms. The summed E-state index contributed by atoms with van der Waals surface area (Å²) in [6.07, 6.45) is 2.23. The van der Waals surface area contributed by atoms with Gasteiger partial charge in [0.25, 0.3) is 5.91 Å². The van der Waals surface area contributed by atoms with Crippen LogP contribution >= 0.6 is 11.3 Å². The summed E-state index contributed by atoms with van der Waals surface area (Å²) < 4.78 is 0. The zero-order valence-electron chi connectivity index (χ0n) is 11.4. The van der Waals surface area contributed by atoms with Crippen molar-refractivity contribution in [2.24, 2.45) is 0 Å². The zero-order valence-corrected chi connectivity index (χ0v) is 12.2. The van der Waals surface area contributed by atoms with Gasteiger partial charge in [-0.15, -0.1) is 11.3 Å². The molecule has 0 saturated heterocycles. The van der Waals surface area contributed by atoms with Crippen molar-refractivity contribution < 1.29 is 4.79 Å². The van der Waals surface area contributed by atoms with Crippen molar-refractivity contribution in [3.8, 4) is 0 Å². The van der Waals surface area contributed by atoms with Crippen molar-refractivity contribution in [2.75, 3.05) is 5.32 Å². The summed E-state index contributed by atoms with van der Waals surface area (Å²) in [5.74, 6) is 0.0327. The molecule has 1 heterocycles. The summed E-state index contributed by atoms with van der Waals surface area (Å²) in [6, 6.07) is 12.5. The molecule has 3 nitrogen and oxygen atoms in total. The highest BCUT2D eigenvalue weighted by Crippen LogP contribution is 2.23. The summed E-state index contributed by atoms with van der Waals surface area (Å²) in [5.41, 5.74) is 1.76. The summed E-state index contributed by atoms with van der Waals surface area (Å²) in [5, 5.41) is 8.52. The van der Waals surface area contributed by atoms with Crippen LogP contribution in [-0.2, 0) is 0 Å². The molecule has 1 aromatic carbocycles. The maximum absolute atomic E-state index is 11.9. The Morgan fingerprint density at radius 1 is 1.25 bits per heavy atom. The van der Waals surface area contributed by atoms with Crippen LogP contribution in [0.25, 0.3) is 0 Å². The van der Waals surface area contributed by atoms with Gasteiger partial charge in [-0.1, -0.05) is 6.07 Å². The van der Waals surface area contributed by atoms with Gasteiger partial charge in [0.1, 0.15) is 0 Å². The SMILES string of the molecule is CC(Nc1ccc(C(=O)NC2CC2)cc1)c1cccs1. The maximum Gasteiger partial charge on any atom is 0.251 e. The number of hydrogen-bond donors (Lipinski definition) is 2. The Kier molecular flexibility index (Phi) is 3.74. The second kappa shape index (κ2) is 5.67. The number of rotatable bonds is 5. The highest BCUT2D eigenvalue weighted by Gasteiger charge is 2.23. The first-order valence-electron chi connectivity index (χ1n) is 6.93. The smallest absolute Gasteiger partial charge is 0.251 e. The lowest BCUT2D eigenvalue weighted by molar-refractivity contribution is 0.0951. The molecule has 0 aliphatic heterocycles. The first-order valence-corrected chi connectivity index (χ1v) is 7.81. The fourth-order valence-electron chi connectivity index (χ4n) is 2.07. The third kappa shape index (κ3) is 3.20. The molecular weight excluding hydrogens is 268 g/mol. The third-order valence-corrected chi connectivity index (χ3v) is 4.47. The lowest BCUT2D eigenvalue weighted by Gasteiger charge is -2.14. The van der Waals surface area contributed by atoms with E-state index in [-0.39, 0.29) is 11.9 Å². The quantitative estimate of drug-likeness (QED) is 0.877. The highest BCUT2D eigenvalue weighted by atomic mass is 32.1. The van der Waals surface area contributed by atoms with E-state index in [0.29, 0.717) is 6.04 Å². The van der Waals surface area contributed by atoms with Gasteiger partial charge >= 0.3 is 0 Å². The largest absolute Gasteiger partial charge is 0.378 e. The van der Waals surface area contributed by atoms with Crippen LogP contribution in [-0.4, -0.2) is 11.9 Å². The van der Waals surface area contributed by atoms with Crippen molar-refractivity contribution >= 4 is 22.9 Å². The third-order valence-electron chi connectivity index (χ3n) is 3.41. The molecule has 1 atom stereocenters. The van der Waals surface area contributed by atoms with Gasteiger partial charge in [0.15, 0.2) is 0 Å². The van der Waals surface area contributed by atoms with Crippen molar-refractivity contribution in [2.45, 2.75) is 31.8 Å². The average molecular weight is 286 g/mol. The predicted molar refractivity (Wildman–Crippen MR) is 83.3 cm³/mol. The molecule has 2 aromatic rings. The predicted octanol–water partition coefficient (Wildman–Crippen LogP) is 3.81. The lowest BCUT2D eigenvalue weighted by atomic mass is 10.1. The van der Waals surface area contributed by atoms with Gasteiger partial charge in [0, 0.05) is 22.2 Å². The zero-order chi connectivity index (χ0) is 13.9. The normalized spacial score (nSPS) is 15.7. The monoisotopic (exact) mass is 286 g/mol. The number of carbonyl (C=O) groups is 1. The van der Waals surface area contributed by atoms with Gasteiger partial charge in [-0.2, -0.15) is 0 Å². The van der Waals surface area contributed by atoms with Gasteiger partial charge < -0.3 is 10.6 Å². The van der Waals surface area contributed by atoms with Crippen molar-refractivity contribution in [3.05, 3.63) is 52.2 Å².